The number of carbonyl (C=O) groups excluding carboxylic acids is 3. The number of allylic oxidation sites excluding steroid dienone is 3. The highest BCUT2D eigenvalue weighted by Crippen LogP contribution is 2.35. The Morgan fingerprint density at radius 3 is 2.02 bits per heavy atom. The van der Waals surface area contributed by atoms with E-state index in [1.807, 2.05) is 45.0 Å². The second-order valence-electron chi connectivity index (χ2n) is 14.0. The lowest BCUT2D eigenvalue weighted by molar-refractivity contribution is -0.134. The molecule has 0 aromatic heterocycles. The molecule has 3 aliphatic heterocycles. The molecular formula is C40H47N5O4. The van der Waals surface area contributed by atoms with E-state index in [1.54, 1.807) is 0 Å². The summed E-state index contributed by atoms with van der Waals surface area (Å²) < 4.78 is 4.76. The Kier molecular flexibility index (Phi) is 10.3. The summed E-state index contributed by atoms with van der Waals surface area (Å²) >= 11 is 0. The molecule has 1 aliphatic carbocycles. The van der Waals surface area contributed by atoms with Crippen LogP contribution in [0.15, 0.2) is 82.1 Å². The highest BCUT2D eigenvalue weighted by molar-refractivity contribution is 6.14. The molecule has 1 fully saturated rings. The first-order valence-corrected chi connectivity index (χ1v) is 17.5. The number of carbonyl (C=O) groups is 3. The maximum absolute atomic E-state index is 13.5. The topological polar surface area (TPSA) is 112 Å². The van der Waals surface area contributed by atoms with Crippen molar-refractivity contribution in [2.75, 3.05) is 13.7 Å². The highest BCUT2D eigenvalue weighted by Gasteiger charge is 2.38. The quantitative estimate of drug-likeness (QED) is 0.283. The lowest BCUT2D eigenvalue weighted by atomic mass is 9.94. The van der Waals surface area contributed by atoms with Crippen LogP contribution in [0, 0.1) is 5.92 Å². The minimum absolute atomic E-state index is 0.0461. The highest BCUT2D eigenvalue weighted by atomic mass is 16.5. The summed E-state index contributed by atoms with van der Waals surface area (Å²) in [5.41, 5.74) is 10.9. The minimum Gasteiger partial charge on any atom is -0.453 e. The molecule has 4 aliphatic rings. The third-order valence-electron chi connectivity index (χ3n) is 9.91. The number of ether oxygens (including phenoxy) is 1. The normalized spacial score (nSPS) is 19.6. The van der Waals surface area contributed by atoms with Crippen molar-refractivity contribution in [3.05, 3.63) is 83.2 Å². The van der Waals surface area contributed by atoms with Gasteiger partial charge in [-0.2, -0.15) is 0 Å². The van der Waals surface area contributed by atoms with Crippen LogP contribution in [0.2, 0.25) is 0 Å². The van der Waals surface area contributed by atoms with Gasteiger partial charge in [-0.15, -0.1) is 0 Å². The van der Waals surface area contributed by atoms with Gasteiger partial charge in [0, 0.05) is 54.8 Å². The second-order valence-corrected chi connectivity index (χ2v) is 14.0. The van der Waals surface area contributed by atoms with Crippen LogP contribution in [0.1, 0.15) is 83.8 Å². The van der Waals surface area contributed by atoms with Crippen LogP contribution in [-0.4, -0.2) is 66.0 Å². The van der Waals surface area contributed by atoms with Gasteiger partial charge in [0.25, 0.3) is 0 Å². The molecular weight excluding hydrogens is 614 g/mol. The number of hydrogen-bond acceptors (Lipinski definition) is 6. The number of nitrogens with one attached hydrogen (secondary N) is 2. The molecule has 256 valence electrons. The Morgan fingerprint density at radius 2 is 1.41 bits per heavy atom. The van der Waals surface area contributed by atoms with Gasteiger partial charge < -0.3 is 20.3 Å². The summed E-state index contributed by atoms with van der Waals surface area (Å²) in [6, 6.07) is 16.6. The second kappa shape index (κ2) is 14.8. The smallest absolute Gasteiger partial charge is 0.407 e. The summed E-state index contributed by atoms with van der Waals surface area (Å²) in [7, 11) is 1.31. The van der Waals surface area contributed by atoms with Crippen LogP contribution in [0.4, 0.5) is 4.79 Å². The summed E-state index contributed by atoms with van der Waals surface area (Å²) in [5.74, 6) is -0.107. The predicted octanol–water partition coefficient (Wildman–Crippen LogP) is 7.10. The first-order chi connectivity index (χ1) is 23.6. The van der Waals surface area contributed by atoms with Gasteiger partial charge in [-0.1, -0.05) is 62.4 Å². The number of methoxy groups -OCH3 is 1. The molecule has 9 heteroatoms. The third kappa shape index (κ3) is 7.46. The van der Waals surface area contributed by atoms with Crippen molar-refractivity contribution in [1.82, 2.24) is 15.5 Å². The van der Waals surface area contributed by atoms with Gasteiger partial charge in [0.15, 0.2) is 0 Å². The van der Waals surface area contributed by atoms with E-state index in [4.69, 9.17) is 14.7 Å². The SMILES string of the molecule is COC(=O)N[C@H](C(=O)N1CCC[C@H]1C1=NC=C(c2ccc(-c3ccc(C4=CN=C(C5=C(C(=O)NC(C)C)CCC5)C4)cc3)cc2)C1)C(C)C. The van der Waals surface area contributed by atoms with Gasteiger partial charge in [0.1, 0.15) is 6.04 Å². The molecule has 2 aromatic carbocycles. The van der Waals surface area contributed by atoms with E-state index < -0.39 is 12.1 Å². The number of benzene rings is 2. The summed E-state index contributed by atoms with van der Waals surface area (Å²) in [5, 5.41) is 5.77. The molecule has 2 N–H and O–H groups in total. The number of nitrogens with zero attached hydrogens (tertiary/aromatic N) is 3. The molecule has 0 bridgehead atoms. The van der Waals surface area contributed by atoms with Crippen LogP contribution >= 0.6 is 0 Å². The Hall–Kier alpha value is -4.79. The van der Waals surface area contributed by atoms with Crippen molar-refractivity contribution in [3.8, 4) is 11.1 Å². The number of likely N-dealkylation sites (tertiary alicyclic amines) is 1. The molecule has 0 saturated carbocycles. The molecule has 3 heterocycles. The van der Waals surface area contributed by atoms with Crippen molar-refractivity contribution < 1.29 is 19.1 Å². The predicted molar refractivity (Wildman–Crippen MR) is 195 cm³/mol. The molecule has 2 aromatic rings. The lowest BCUT2D eigenvalue weighted by Gasteiger charge is -2.31. The summed E-state index contributed by atoms with van der Waals surface area (Å²) in [6.45, 7) is 8.48. The number of hydrogen-bond donors (Lipinski definition) is 2. The summed E-state index contributed by atoms with van der Waals surface area (Å²) in [6.07, 6.45) is 9.23. The Morgan fingerprint density at radius 1 is 0.796 bits per heavy atom. The number of rotatable bonds is 10. The zero-order chi connectivity index (χ0) is 34.7. The maximum atomic E-state index is 13.5. The largest absolute Gasteiger partial charge is 0.453 e. The average molecular weight is 662 g/mol. The Bertz CT molecular complexity index is 1760. The minimum atomic E-state index is -0.642. The number of alkyl carbamates (subject to hydrolysis) is 1. The van der Waals surface area contributed by atoms with Gasteiger partial charge in [0.2, 0.25) is 11.8 Å². The number of aliphatic imine (C=N–C) groups is 2. The lowest BCUT2D eigenvalue weighted by Crippen LogP contribution is -2.53. The van der Waals surface area contributed by atoms with Gasteiger partial charge in [-0.3, -0.25) is 19.6 Å². The molecule has 9 nitrogen and oxygen atoms in total. The van der Waals surface area contributed by atoms with Gasteiger partial charge in [0.05, 0.1) is 13.2 Å². The van der Waals surface area contributed by atoms with E-state index in [0.29, 0.717) is 13.0 Å². The fourth-order valence-corrected chi connectivity index (χ4v) is 7.29. The fourth-order valence-electron chi connectivity index (χ4n) is 7.29. The molecule has 6 rings (SSSR count). The Balaban J connectivity index is 1.06. The van der Waals surface area contributed by atoms with Crippen LogP contribution in [0.3, 0.4) is 0 Å². The van der Waals surface area contributed by atoms with E-state index in [9.17, 15) is 14.4 Å². The van der Waals surface area contributed by atoms with Crippen molar-refractivity contribution in [2.24, 2.45) is 15.9 Å². The number of amides is 3. The standard InChI is InChI=1S/C40H47N5O4/c1-24(2)37(44-40(48)49-5)39(47)45-19-7-10-36(45)35-21-31(23-42-35)29-17-13-27(14-18-29)26-11-15-28(16-12-26)30-20-34(41-22-30)32-8-6-9-33(32)38(46)43-25(3)4/h11-18,22-25,36-37H,6-10,19-21H2,1-5H3,(H,43,46)(H,44,48)/t36-,37-/m0/s1. The van der Waals surface area contributed by atoms with E-state index in [0.717, 1.165) is 88.9 Å². The van der Waals surface area contributed by atoms with Gasteiger partial charge in [-0.05, 0) is 90.8 Å². The van der Waals surface area contributed by atoms with Crippen molar-refractivity contribution >= 4 is 40.5 Å². The molecule has 0 unspecified atom stereocenters. The van der Waals surface area contributed by atoms with Gasteiger partial charge in [-0.25, -0.2) is 4.79 Å². The van der Waals surface area contributed by atoms with Crippen LogP contribution in [-0.2, 0) is 14.3 Å². The van der Waals surface area contributed by atoms with E-state index in [-0.39, 0.29) is 29.8 Å². The van der Waals surface area contributed by atoms with Crippen molar-refractivity contribution in [1.29, 1.82) is 0 Å². The van der Waals surface area contributed by atoms with Crippen molar-refractivity contribution in [3.63, 3.8) is 0 Å². The first kappa shape index (κ1) is 34.1. The monoisotopic (exact) mass is 661 g/mol. The Labute approximate surface area is 289 Å². The van der Waals surface area contributed by atoms with Gasteiger partial charge >= 0.3 is 6.09 Å². The molecule has 0 radical (unpaired) electrons. The van der Waals surface area contributed by atoms with Crippen molar-refractivity contribution in [2.45, 2.75) is 90.8 Å². The van der Waals surface area contributed by atoms with E-state index >= 15 is 0 Å². The molecule has 1 saturated heterocycles. The molecule has 0 spiro atoms. The molecule has 3 amide bonds. The molecule has 49 heavy (non-hydrogen) atoms. The summed E-state index contributed by atoms with van der Waals surface area (Å²) in [4.78, 5) is 49.6. The molecule has 2 atom stereocenters. The van der Waals surface area contributed by atoms with E-state index in [2.05, 4.69) is 59.2 Å². The van der Waals surface area contributed by atoms with E-state index in [1.165, 1.54) is 12.7 Å². The van der Waals surface area contributed by atoms with Crippen LogP contribution < -0.4 is 10.6 Å². The zero-order valence-electron chi connectivity index (χ0n) is 29.2. The average Bonchev–Trinajstić information content (AvgIpc) is 3.93. The van der Waals surface area contributed by atoms with Crippen LogP contribution in [0.5, 0.6) is 0 Å². The zero-order valence-corrected chi connectivity index (χ0v) is 29.2. The first-order valence-electron chi connectivity index (χ1n) is 17.5. The third-order valence-corrected chi connectivity index (χ3v) is 9.91. The van der Waals surface area contributed by atoms with Crippen LogP contribution in [0.25, 0.3) is 22.3 Å². The maximum Gasteiger partial charge on any atom is 0.407 e. The fraction of sp³-hybridized carbons (Fsp3) is 0.425.